The minimum absolute atomic E-state index is 0.119. The lowest BCUT2D eigenvalue weighted by Gasteiger charge is -2.09. The molecule has 7 heteroatoms. The van der Waals surface area contributed by atoms with Crippen molar-refractivity contribution >= 4 is 29.1 Å². The maximum absolute atomic E-state index is 12.5. The van der Waals surface area contributed by atoms with Crippen LogP contribution in [0, 0.1) is 0 Å². The molecule has 0 spiro atoms. The first kappa shape index (κ1) is 10.2. The van der Waals surface area contributed by atoms with Crippen LogP contribution in [0.25, 0.3) is 11.0 Å². The van der Waals surface area contributed by atoms with E-state index in [1.807, 2.05) is 6.92 Å². The summed E-state index contributed by atoms with van der Waals surface area (Å²) in [4.78, 5) is 28.0. The Morgan fingerprint density at radius 1 is 1.43 bits per heavy atom. The molecule has 0 unspecified atom stereocenters. The average molecular weight is 294 g/mol. The fourth-order valence-corrected chi connectivity index (χ4v) is 1.68. The van der Waals surface area contributed by atoms with Crippen molar-refractivity contribution in [2.24, 2.45) is 0 Å². The molecule has 21 heavy (non-hydrogen) atoms. The summed E-state index contributed by atoms with van der Waals surface area (Å²) in [6.45, 7) is 2.33. The summed E-state index contributed by atoms with van der Waals surface area (Å²) < 4.78 is 36.9. The van der Waals surface area contributed by atoms with Crippen molar-refractivity contribution in [3.8, 4) is 0 Å². The Balaban J connectivity index is 2.67. The van der Waals surface area contributed by atoms with Gasteiger partial charge in [0.1, 0.15) is 0 Å². The lowest BCUT2D eigenvalue weighted by Crippen LogP contribution is -2.31. The molecule has 2 amide bonds. The molecule has 2 aromatic rings. The highest BCUT2D eigenvalue weighted by Gasteiger charge is 2.18. The molecule has 0 fully saturated rings. The summed E-state index contributed by atoms with van der Waals surface area (Å²) in [6, 6.07) is -2.45. The average Bonchev–Trinajstić information content (AvgIpc) is 2.97. The van der Waals surface area contributed by atoms with Crippen molar-refractivity contribution in [2.75, 3.05) is 19.0 Å². The molecule has 2 N–H and O–H groups in total. The van der Waals surface area contributed by atoms with Gasteiger partial charge in [-0.25, -0.2) is 19.1 Å². The Morgan fingerprint density at radius 2 is 2.19 bits per heavy atom. The molecule has 2 rings (SSSR count). The van der Waals surface area contributed by atoms with E-state index in [1.165, 1.54) is 0 Å². The minimum Gasteiger partial charge on any atom is -0.453 e. The molecule has 0 radical (unpaired) electrons. The van der Waals surface area contributed by atoms with Crippen molar-refractivity contribution in [1.82, 2.24) is 14.9 Å². The minimum atomic E-state index is -0.881. The summed E-state index contributed by atoms with van der Waals surface area (Å²) in [5.41, 5.74) is -0.241. The number of aromatic nitrogens is 2. The predicted octanol–water partition coefficient (Wildman–Crippen LogP) is 2.57. The van der Waals surface area contributed by atoms with E-state index in [1.54, 1.807) is 0 Å². The molecule has 0 aliphatic rings. The van der Waals surface area contributed by atoms with E-state index in [4.69, 9.17) is 5.48 Å². The van der Waals surface area contributed by atoms with Gasteiger partial charge in [0.25, 0.3) is 0 Å². The van der Waals surface area contributed by atoms with Gasteiger partial charge in [0.05, 0.1) is 23.6 Å². The van der Waals surface area contributed by atoms with Gasteiger partial charge in [-0.1, -0.05) is 25.4 Å². The third-order valence-electron chi connectivity index (χ3n) is 2.71. The van der Waals surface area contributed by atoms with Crippen LogP contribution >= 0.6 is 0 Å². The van der Waals surface area contributed by atoms with Crippen molar-refractivity contribution in [3.63, 3.8) is 0 Å². The lowest BCUT2D eigenvalue weighted by atomic mass is 10.3. The van der Waals surface area contributed by atoms with E-state index >= 15 is 0 Å². The molecule has 0 bridgehead atoms. The zero-order valence-corrected chi connectivity index (χ0v) is 11.7. The van der Waals surface area contributed by atoms with Crippen LogP contribution in [-0.2, 0) is 4.74 Å². The first-order chi connectivity index (χ1) is 11.8. The van der Waals surface area contributed by atoms with Crippen LogP contribution < -0.4 is 10.6 Å². The number of methoxy groups -OCH3 is 1. The van der Waals surface area contributed by atoms with Gasteiger partial charge < -0.3 is 10.1 Å². The predicted molar refractivity (Wildman–Crippen MR) is 79.5 cm³/mol. The van der Waals surface area contributed by atoms with E-state index in [9.17, 15) is 9.59 Å². The van der Waals surface area contributed by atoms with Gasteiger partial charge in [-0.15, -0.1) is 0 Å². The molecule has 7 nitrogen and oxygen atoms in total. The van der Waals surface area contributed by atoms with E-state index in [0.29, 0.717) is 6.54 Å². The zero-order valence-electron chi connectivity index (χ0n) is 15.7. The SMILES string of the molecule is [2H]c1c([2H])c([2H])c2c(nc(NC(=O)OC)n2C(=O)NCCCC)c1[2H]. The second kappa shape index (κ2) is 6.74. The number of para-hydroxylation sites is 2. The molecular formula is C14H18N4O3. The fraction of sp³-hybridized carbons (Fsp3) is 0.357. The van der Waals surface area contributed by atoms with Crippen LogP contribution in [0.3, 0.4) is 0 Å². The van der Waals surface area contributed by atoms with E-state index < -0.39 is 36.3 Å². The Hall–Kier alpha value is -2.57. The van der Waals surface area contributed by atoms with Gasteiger partial charge in [-0.3, -0.25) is 5.32 Å². The Bertz CT molecular complexity index is 838. The maximum atomic E-state index is 12.5. The third kappa shape index (κ3) is 3.31. The largest absolute Gasteiger partial charge is 0.453 e. The highest BCUT2D eigenvalue weighted by Crippen LogP contribution is 2.19. The normalized spacial score (nSPS) is 13.0. The van der Waals surface area contributed by atoms with Crippen LogP contribution in [0.2, 0.25) is 0 Å². The number of nitrogens with zero attached hydrogens (tertiary/aromatic N) is 2. The monoisotopic (exact) mass is 294 g/mol. The number of hydrogen-bond donors (Lipinski definition) is 2. The summed E-state index contributed by atoms with van der Waals surface area (Å²) in [5, 5.41) is 4.88. The molecule has 0 saturated carbocycles. The number of carbonyl (C=O) groups excluding carboxylic acids is 2. The molecular weight excluding hydrogens is 272 g/mol. The van der Waals surface area contributed by atoms with Crippen molar-refractivity contribution in [2.45, 2.75) is 19.8 Å². The summed E-state index contributed by atoms with van der Waals surface area (Å²) in [5.74, 6) is -0.247. The number of unbranched alkanes of at least 4 members (excludes halogenated alkanes) is 1. The van der Waals surface area contributed by atoms with Crippen LogP contribution in [0.15, 0.2) is 24.2 Å². The smallest absolute Gasteiger partial charge is 0.413 e. The number of benzene rings is 1. The Kier molecular flexibility index (Phi) is 3.27. The summed E-state index contributed by atoms with van der Waals surface area (Å²) >= 11 is 0. The van der Waals surface area contributed by atoms with Crippen LogP contribution in [0.1, 0.15) is 25.2 Å². The maximum Gasteiger partial charge on any atom is 0.413 e. The fourth-order valence-electron chi connectivity index (χ4n) is 1.68. The quantitative estimate of drug-likeness (QED) is 0.849. The number of anilines is 1. The Morgan fingerprint density at radius 3 is 2.90 bits per heavy atom. The topological polar surface area (TPSA) is 85.2 Å². The van der Waals surface area contributed by atoms with Gasteiger partial charge in [0.15, 0.2) is 0 Å². The number of amides is 2. The van der Waals surface area contributed by atoms with Gasteiger partial charge in [-0.2, -0.15) is 0 Å². The second-order valence-electron chi connectivity index (χ2n) is 4.17. The van der Waals surface area contributed by atoms with Gasteiger partial charge >= 0.3 is 12.1 Å². The van der Waals surface area contributed by atoms with E-state index in [-0.39, 0.29) is 17.0 Å². The van der Waals surface area contributed by atoms with Gasteiger partial charge in [0, 0.05) is 6.54 Å². The highest BCUT2D eigenvalue weighted by molar-refractivity contribution is 5.96. The van der Waals surface area contributed by atoms with Gasteiger partial charge in [0.2, 0.25) is 5.95 Å². The number of ether oxygens (including phenoxy) is 1. The molecule has 0 saturated heterocycles. The van der Waals surface area contributed by atoms with Crippen molar-refractivity contribution < 1.29 is 19.8 Å². The first-order valence-electron chi connectivity index (χ1n) is 8.45. The zero-order chi connectivity index (χ0) is 18.7. The summed E-state index contributed by atoms with van der Waals surface area (Å²) in [7, 11) is 1.14. The standard InChI is InChI=1S/C14H18N4O3/c1-3-4-9-15-13(19)18-11-8-6-5-7-10(11)16-12(18)17-14(20)21-2/h5-8H,3-4,9H2,1-2H3,(H,15,19)(H,16,17,20)/i5D,6D,7D,8D. The molecule has 1 aromatic heterocycles. The Labute approximate surface area is 127 Å². The molecule has 112 valence electrons. The molecule has 0 aliphatic carbocycles. The molecule has 1 aromatic carbocycles. The number of rotatable bonds is 4. The molecule has 0 aliphatic heterocycles. The van der Waals surface area contributed by atoms with E-state index in [0.717, 1.165) is 24.5 Å². The number of fused-ring (bicyclic) bond motifs is 1. The number of imidazole rings is 1. The number of hydrogen-bond acceptors (Lipinski definition) is 4. The van der Waals surface area contributed by atoms with Crippen LogP contribution in [0.4, 0.5) is 15.5 Å². The van der Waals surface area contributed by atoms with E-state index in [2.05, 4.69) is 20.4 Å². The molecule has 1 heterocycles. The van der Waals surface area contributed by atoms with Crippen LogP contribution in [0.5, 0.6) is 0 Å². The molecule has 0 atom stereocenters. The van der Waals surface area contributed by atoms with Crippen molar-refractivity contribution in [1.29, 1.82) is 0 Å². The van der Waals surface area contributed by atoms with Crippen LogP contribution in [-0.4, -0.2) is 35.3 Å². The highest BCUT2D eigenvalue weighted by atomic mass is 16.5. The summed E-state index contributed by atoms with van der Waals surface area (Å²) in [6.07, 6.45) is 0.710. The second-order valence-corrected chi connectivity index (χ2v) is 4.17. The number of nitrogens with one attached hydrogen (secondary N) is 2. The third-order valence-corrected chi connectivity index (χ3v) is 2.71. The first-order valence-corrected chi connectivity index (χ1v) is 6.45. The number of carbonyl (C=O) groups is 2. The van der Waals surface area contributed by atoms with Gasteiger partial charge in [-0.05, 0) is 18.5 Å². The van der Waals surface area contributed by atoms with Crippen molar-refractivity contribution in [3.05, 3.63) is 24.2 Å². The lowest BCUT2D eigenvalue weighted by molar-refractivity contribution is 0.186.